The molecule has 0 aliphatic heterocycles. The zero-order valence-electron chi connectivity index (χ0n) is 11.6. The Labute approximate surface area is 119 Å². The molecular weight excluding hydrogens is 256 g/mol. The topological polar surface area (TPSA) is 55.1 Å². The first kappa shape index (κ1) is 14.4. The minimum absolute atomic E-state index is 0.0570. The van der Waals surface area contributed by atoms with Crippen LogP contribution in [0.3, 0.4) is 0 Å². The van der Waals surface area contributed by atoms with Crippen LogP contribution in [-0.2, 0) is 4.79 Å². The SMILES string of the molecule is CSc1ccc(NC(=O)C2CCCCC2(C)N)cc1. The van der Waals surface area contributed by atoms with Gasteiger partial charge in [0.05, 0.1) is 5.92 Å². The normalized spacial score (nSPS) is 27.0. The second-order valence-electron chi connectivity index (χ2n) is 5.52. The van der Waals surface area contributed by atoms with Crippen LogP contribution in [0.5, 0.6) is 0 Å². The minimum Gasteiger partial charge on any atom is -0.326 e. The van der Waals surface area contributed by atoms with Crippen molar-refractivity contribution in [2.45, 2.75) is 43.0 Å². The van der Waals surface area contributed by atoms with Crippen LogP contribution in [0.4, 0.5) is 5.69 Å². The van der Waals surface area contributed by atoms with E-state index >= 15 is 0 Å². The van der Waals surface area contributed by atoms with E-state index in [2.05, 4.69) is 5.32 Å². The van der Waals surface area contributed by atoms with Gasteiger partial charge in [-0.05, 0) is 50.3 Å². The molecule has 0 saturated heterocycles. The molecule has 2 rings (SSSR count). The number of hydrogen-bond donors (Lipinski definition) is 2. The fraction of sp³-hybridized carbons (Fsp3) is 0.533. The van der Waals surface area contributed by atoms with E-state index in [9.17, 15) is 4.79 Å². The number of carbonyl (C=O) groups is 1. The Balaban J connectivity index is 2.03. The largest absolute Gasteiger partial charge is 0.326 e. The van der Waals surface area contributed by atoms with Gasteiger partial charge in [0.15, 0.2) is 0 Å². The number of amides is 1. The molecule has 0 radical (unpaired) electrons. The van der Waals surface area contributed by atoms with Crippen molar-refractivity contribution in [3.8, 4) is 0 Å². The molecule has 0 bridgehead atoms. The summed E-state index contributed by atoms with van der Waals surface area (Å²) in [7, 11) is 0. The van der Waals surface area contributed by atoms with Gasteiger partial charge in [0.1, 0.15) is 0 Å². The summed E-state index contributed by atoms with van der Waals surface area (Å²) in [6, 6.07) is 7.92. The predicted molar refractivity (Wildman–Crippen MR) is 81.4 cm³/mol. The third-order valence-electron chi connectivity index (χ3n) is 3.93. The van der Waals surface area contributed by atoms with Gasteiger partial charge in [-0.25, -0.2) is 0 Å². The second kappa shape index (κ2) is 5.97. The van der Waals surface area contributed by atoms with Gasteiger partial charge in [-0.2, -0.15) is 0 Å². The van der Waals surface area contributed by atoms with Gasteiger partial charge in [-0.1, -0.05) is 12.8 Å². The highest BCUT2D eigenvalue weighted by Crippen LogP contribution is 2.32. The minimum atomic E-state index is -0.373. The third kappa shape index (κ3) is 3.51. The number of nitrogens with one attached hydrogen (secondary N) is 1. The molecule has 0 aromatic heterocycles. The molecule has 0 heterocycles. The molecule has 2 unspecified atom stereocenters. The van der Waals surface area contributed by atoms with Crippen LogP contribution in [0.15, 0.2) is 29.2 Å². The molecule has 2 atom stereocenters. The summed E-state index contributed by atoms with van der Waals surface area (Å²) in [5.74, 6) is -0.0249. The smallest absolute Gasteiger partial charge is 0.229 e. The van der Waals surface area contributed by atoms with Crippen LogP contribution < -0.4 is 11.1 Å². The predicted octanol–water partition coefficient (Wildman–Crippen LogP) is 3.25. The maximum atomic E-state index is 12.3. The summed E-state index contributed by atoms with van der Waals surface area (Å²) in [6.07, 6.45) is 6.07. The Hall–Kier alpha value is -1.00. The molecule has 1 aromatic rings. The van der Waals surface area contributed by atoms with Gasteiger partial charge in [-0.3, -0.25) is 4.79 Å². The number of hydrogen-bond acceptors (Lipinski definition) is 3. The number of carbonyl (C=O) groups excluding carboxylic acids is 1. The molecule has 104 valence electrons. The van der Waals surface area contributed by atoms with Crippen LogP contribution in [0, 0.1) is 5.92 Å². The average molecular weight is 278 g/mol. The van der Waals surface area contributed by atoms with Crippen LogP contribution in [0.2, 0.25) is 0 Å². The highest BCUT2D eigenvalue weighted by atomic mass is 32.2. The van der Waals surface area contributed by atoms with E-state index in [1.165, 1.54) is 4.90 Å². The first-order chi connectivity index (χ1) is 9.03. The number of rotatable bonds is 3. The van der Waals surface area contributed by atoms with Crippen LogP contribution in [-0.4, -0.2) is 17.7 Å². The summed E-state index contributed by atoms with van der Waals surface area (Å²) in [5.41, 5.74) is 6.74. The number of anilines is 1. The fourth-order valence-electron chi connectivity index (χ4n) is 2.69. The van der Waals surface area contributed by atoms with Crippen molar-refractivity contribution in [1.29, 1.82) is 0 Å². The van der Waals surface area contributed by atoms with Crippen molar-refractivity contribution in [2.24, 2.45) is 11.7 Å². The molecule has 0 spiro atoms. The lowest BCUT2D eigenvalue weighted by Crippen LogP contribution is -2.51. The standard InChI is InChI=1S/C15H22N2OS/c1-15(16)10-4-3-5-13(15)14(18)17-11-6-8-12(19-2)9-7-11/h6-9,13H,3-5,10,16H2,1-2H3,(H,17,18). The molecule has 1 aliphatic rings. The molecule has 1 aliphatic carbocycles. The lowest BCUT2D eigenvalue weighted by atomic mass is 9.74. The molecule has 1 aromatic carbocycles. The van der Waals surface area contributed by atoms with Crippen molar-refractivity contribution >= 4 is 23.4 Å². The van der Waals surface area contributed by atoms with Crippen LogP contribution >= 0.6 is 11.8 Å². The Morgan fingerprint density at radius 2 is 2.05 bits per heavy atom. The highest BCUT2D eigenvalue weighted by Gasteiger charge is 2.37. The van der Waals surface area contributed by atoms with Gasteiger partial charge in [0, 0.05) is 16.1 Å². The molecule has 1 fully saturated rings. The lowest BCUT2D eigenvalue weighted by Gasteiger charge is -2.37. The summed E-state index contributed by atoms with van der Waals surface area (Å²) in [5, 5.41) is 2.99. The van der Waals surface area contributed by atoms with E-state index in [1.807, 2.05) is 37.4 Å². The maximum absolute atomic E-state index is 12.3. The molecule has 1 saturated carbocycles. The Kier molecular flexibility index (Phi) is 4.53. The number of nitrogens with two attached hydrogens (primary N) is 1. The summed E-state index contributed by atoms with van der Waals surface area (Å²) >= 11 is 1.69. The average Bonchev–Trinajstić information content (AvgIpc) is 2.39. The van der Waals surface area contributed by atoms with E-state index in [1.54, 1.807) is 11.8 Å². The Morgan fingerprint density at radius 3 is 2.63 bits per heavy atom. The first-order valence-corrected chi connectivity index (χ1v) is 7.99. The maximum Gasteiger partial charge on any atom is 0.229 e. The van der Waals surface area contributed by atoms with Crippen LogP contribution in [0.25, 0.3) is 0 Å². The second-order valence-corrected chi connectivity index (χ2v) is 6.40. The first-order valence-electron chi connectivity index (χ1n) is 6.77. The monoisotopic (exact) mass is 278 g/mol. The van der Waals surface area contributed by atoms with Gasteiger partial charge in [0.25, 0.3) is 0 Å². The van der Waals surface area contributed by atoms with Crippen molar-refractivity contribution in [3.63, 3.8) is 0 Å². The molecule has 4 heteroatoms. The summed E-state index contributed by atoms with van der Waals surface area (Å²) in [6.45, 7) is 1.99. The van der Waals surface area contributed by atoms with Crippen molar-refractivity contribution in [2.75, 3.05) is 11.6 Å². The number of benzene rings is 1. The van der Waals surface area contributed by atoms with E-state index in [-0.39, 0.29) is 17.4 Å². The summed E-state index contributed by atoms with van der Waals surface area (Å²) in [4.78, 5) is 13.5. The van der Waals surface area contributed by atoms with Gasteiger partial charge < -0.3 is 11.1 Å². The Morgan fingerprint density at radius 1 is 1.37 bits per heavy atom. The van der Waals surface area contributed by atoms with Gasteiger partial charge in [-0.15, -0.1) is 11.8 Å². The molecule has 19 heavy (non-hydrogen) atoms. The van der Waals surface area contributed by atoms with Gasteiger partial charge >= 0.3 is 0 Å². The van der Waals surface area contributed by atoms with Crippen LogP contribution in [0.1, 0.15) is 32.6 Å². The fourth-order valence-corrected chi connectivity index (χ4v) is 3.10. The third-order valence-corrected chi connectivity index (χ3v) is 4.67. The van der Waals surface area contributed by atoms with Crippen molar-refractivity contribution < 1.29 is 4.79 Å². The highest BCUT2D eigenvalue weighted by molar-refractivity contribution is 7.98. The van der Waals surface area contributed by atoms with E-state index in [4.69, 9.17) is 5.73 Å². The molecule has 3 N–H and O–H groups in total. The zero-order valence-corrected chi connectivity index (χ0v) is 12.4. The van der Waals surface area contributed by atoms with E-state index in [0.717, 1.165) is 31.4 Å². The lowest BCUT2D eigenvalue weighted by molar-refractivity contribution is -0.122. The number of thioether (sulfide) groups is 1. The summed E-state index contributed by atoms with van der Waals surface area (Å²) < 4.78 is 0. The van der Waals surface area contributed by atoms with Crippen molar-refractivity contribution in [3.05, 3.63) is 24.3 Å². The molecular formula is C15H22N2OS. The quantitative estimate of drug-likeness (QED) is 0.834. The molecule has 1 amide bonds. The molecule has 3 nitrogen and oxygen atoms in total. The van der Waals surface area contributed by atoms with Crippen molar-refractivity contribution in [1.82, 2.24) is 0 Å². The van der Waals surface area contributed by atoms with Gasteiger partial charge in [0.2, 0.25) is 5.91 Å². The zero-order chi connectivity index (χ0) is 13.9. The van der Waals surface area contributed by atoms with E-state index in [0.29, 0.717) is 0 Å². The van der Waals surface area contributed by atoms with E-state index < -0.39 is 0 Å². The Bertz CT molecular complexity index is 442.